The molecule has 0 radical (unpaired) electrons. The molecule has 45 heavy (non-hydrogen) atoms. The molecule has 1 saturated carbocycles. The van der Waals surface area contributed by atoms with Gasteiger partial charge in [-0.15, -0.1) is 0 Å². The van der Waals surface area contributed by atoms with Crippen molar-refractivity contribution >= 4 is 34.7 Å². The fourth-order valence-electron chi connectivity index (χ4n) is 5.83. The van der Waals surface area contributed by atoms with E-state index in [1.807, 2.05) is 0 Å². The van der Waals surface area contributed by atoms with E-state index in [2.05, 4.69) is 20.5 Å². The normalized spacial score (nSPS) is 19.5. The Kier molecular flexibility index (Phi) is 9.57. The van der Waals surface area contributed by atoms with Crippen molar-refractivity contribution in [2.45, 2.75) is 90.3 Å². The number of halogens is 2. The number of morpholine rings is 1. The first-order chi connectivity index (χ1) is 21.3. The third kappa shape index (κ3) is 8.05. The number of hydrogen-bond donors (Lipinski definition) is 2. The van der Waals surface area contributed by atoms with Gasteiger partial charge in [-0.05, 0) is 78.4 Å². The molecule has 1 saturated heterocycles. The summed E-state index contributed by atoms with van der Waals surface area (Å²) in [6.07, 6.45) is 0.137. The zero-order valence-corrected chi connectivity index (χ0v) is 26.6. The zero-order chi connectivity index (χ0) is 32.4. The van der Waals surface area contributed by atoms with Gasteiger partial charge in [-0.3, -0.25) is 9.36 Å². The number of aromatic nitrogens is 4. The second-order valence-corrected chi connectivity index (χ2v) is 13.3. The number of anilines is 2. The van der Waals surface area contributed by atoms with E-state index in [9.17, 15) is 18.4 Å². The summed E-state index contributed by atoms with van der Waals surface area (Å²) in [7, 11) is 0. The molecule has 2 fully saturated rings. The lowest BCUT2D eigenvalue weighted by molar-refractivity contribution is -0.125. The van der Waals surface area contributed by atoms with Crippen molar-refractivity contribution in [3.8, 4) is 5.82 Å². The average molecular weight is 628 g/mol. The first kappa shape index (κ1) is 32.5. The van der Waals surface area contributed by atoms with Gasteiger partial charge in [-0.2, -0.15) is 9.97 Å². The largest absolute Gasteiger partial charge is 0.444 e. The quantitative estimate of drug-likeness (QED) is 0.302. The van der Waals surface area contributed by atoms with Crippen LogP contribution in [-0.4, -0.2) is 74.9 Å². The molecule has 1 amide bonds. The van der Waals surface area contributed by atoms with Crippen LogP contribution in [0.4, 0.5) is 25.3 Å². The van der Waals surface area contributed by atoms with Crippen LogP contribution in [0.5, 0.6) is 0 Å². The third-order valence-electron chi connectivity index (χ3n) is 8.21. The number of nitrogens with zero attached hydrogens (tertiary/aromatic N) is 5. The Morgan fingerprint density at radius 3 is 2.33 bits per heavy atom. The number of amides is 1. The molecule has 11 nitrogen and oxygen atoms in total. The minimum atomic E-state index is -2.79. The van der Waals surface area contributed by atoms with E-state index < -0.39 is 23.7 Å². The molecule has 244 valence electrons. The number of ketones is 1. The van der Waals surface area contributed by atoms with Crippen molar-refractivity contribution in [1.82, 2.24) is 24.8 Å². The molecule has 0 spiro atoms. The Morgan fingerprint density at radius 2 is 1.67 bits per heavy atom. The van der Waals surface area contributed by atoms with Gasteiger partial charge in [0, 0.05) is 31.6 Å². The molecule has 3 aromatic rings. The van der Waals surface area contributed by atoms with Gasteiger partial charge in [0.2, 0.25) is 5.95 Å². The van der Waals surface area contributed by atoms with Gasteiger partial charge in [-0.1, -0.05) is 12.1 Å². The number of fused-ring (bicyclic) bond motifs is 1. The second kappa shape index (κ2) is 13.2. The van der Waals surface area contributed by atoms with Crippen LogP contribution in [0.2, 0.25) is 0 Å². The van der Waals surface area contributed by atoms with Crippen molar-refractivity contribution < 1.29 is 27.8 Å². The van der Waals surface area contributed by atoms with Gasteiger partial charge in [0.15, 0.2) is 11.6 Å². The summed E-state index contributed by atoms with van der Waals surface area (Å²) in [5, 5.41) is 6.16. The number of alkyl carbamates (subject to hydrolysis) is 1. The minimum Gasteiger partial charge on any atom is -0.444 e. The highest BCUT2D eigenvalue weighted by Crippen LogP contribution is 2.32. The van der Waals surface area contributed by atoms with Crippen LogP contribution in [0.15, 0.2) is 30.3 Å². The summed E-state index contributed by atoms with van der Waals surface area (Å²) in [6, 6.07) is 8.79. The third-order valence-corrected chi connectivity index (χ3v) is 8.21. The number of carbonyl (C=O) groups is 2. The zero-order valence-electron chi connectivity index (χ0n) is 26.6. The van der Waals surface area contributed by atoms with Gasteiger partial charge in [0.25, 0.3) is 6.43 Å². The van der Waals surface area contributed by atoms with E-state index in [1.165, 1.54) is 4.57 Å². The molecular formula is C32H43F2N7O4. The predicted molar refractivity (Wildman–Crippen MR) is 167 cm³/mol. The standard InChI is InChI=1S/C32H43F2N7O4/c1-31(2,3)45-30(43)39-32(4,5)24(42)18-20-10-12-21(13-11-20)35-29-37-25(40-14-16-44-17-15-40)19-26(38-29)41-23-9-7-6-8-22(23)36-28(41)27(33)34/h6-9,19-21,27H,10-18H2,1-5H3,(H,39,43)(H,35,37,38). The maximum Gasteiger partial charge on any atom is 0.408 e. The number of ether oxygens (including phenoxy) is 2. The van der Waals surface area contributed by atoms with Crippen molar-refractivity contribution in [2.24, 2.45) is 5.92 Å². The van der Waals surface area contributed by atoms with Crippen LogP contribution in [0.25, 0.3) is 16.9 Å². The topological polar surface area (TPSA) is 124 Å². The lowest BCUT2D eigenvalue weighted by atomic mass is 9.80. The first-order valence-corrected chi connectivity index (χ1v) is 15.6. The number of benzene rings is 1. The van der Waals surface area contributed by atoms with Crippen molar-refractivity contribution in [1.29, 1.82) is 0 Å². The van der Waals surface area contributed by atoms with Gasteiger partial charge in [0.1, 0.15) is 17.2 Å². The molecule has 13 heteroatoms. The molecule has 2 aromatic heterocycles. The molecule has 1 aliphatic heterocycles. The molecule has 2 aliphatic rings. The van der Waals surface area contributed by atoms with E-state index in [4.69, 9.17) is 19.4 Å². The summed E-state index contributed by atoms with van der Waals surface area (Å²) in [5.74, 6) is 1.06. The van der Waals surface area contributed by atoms with Crippen LogP contribution in [-0.2, 0) is 14.3 Å². The van der Waals surface area contributed by atoms with Crippen molar-refractivity contribution in [3.05, 3.63) is 36.2 Å². The maximum atomic E-state index is 14.2. The SMILES string of the molecule is CC(C)(C)OC(=O)NC(C)(C)C(=O)CC1CCC(Nc2nc(N3CCOCC3)cc(-n3c(C(F)F)nc4ccccc43)n2)CC1. The molecule has 0 unspecified atom stereocenters. The Hall–Kier alpha value is -3.87. The van der Waals surface area contributed by atoms with Gasteiger partial charge < -0.3 is 25.0 Å². The number of para-hydroxylation sites is 2. The number of alkyl halides is 2. The summed E-state index contributed by atoms with van der Waals surface area (Å²) in [6.45, 7) is 11.1. The Balaban J connectivity index is 1.30. The smallest absolute Gasteiger partial charge is 0.408 e. The number of rotatable bonds is 9. The molecule has 1 aromatic carbocycles. The molecule has 5 rings (SSSR count). The lowest BCUT2D eigenvalue weighted by Gasteiger charge is -2.32. The second-order valence-electron chi connectivity index (χ2n) is 13.3. The van der Waals surface area contributed by atoms with Crippen LogP contribution in [0, 0.1) is 5.92 Å². The molecule has 0 atom stereocenters. The van der Waals surface area contributed by atoms with Crippen molar-refractivity contribution in [3.63, 3.8) is 0 Å². The van der Waals surface area contributed by atoms with E-state index >= 15 is 0 Å². The van der Waals surface area contributed by atoms with Crippen LogP contribution in [0.1, 0.15) is 79.0 Å². The lowest BCUT2D eigenvalue weighted by Crippen LogP contribution is -2.51. The Bertz CT molecular complexity index is 1510. The van der Waals surface area contributed by atoms with E-state index in [0.29, 0.717) is 61.3 Å². The van der Waals surface area contributed by atoms with Gasteiger partial charge in [-0.25, -0.2) is 18.6 Å². The molecular weight excluding hydrogens is 584 g/mol. The predicted octanol–water partition coefficient (Wildman–Crippen LogP) is 5.82. The minimum absolute atomic E-state index is 0.0432. The Labute approximate surface area is 262 Å². The number of Topliss-reactive ketones (excluding diaryl/α,β-unsaturated/α-hetero) is 1. The molecule has 3 heterocycles. The molecule has 0 bridgehead atoms. The van der Waals surface area contributed by atoms with E-state index in [1.54, 1.807) is 65.0 Å². The summed E-state index contributed by atoms with van der Waals surface area (Å²) in [5.41, 5.74) is -0.694. The highest BCUT2D eigenvalue weighted by atomic mass is 19.3. The molecule has 1 aliphatic carbocycles. The van der Waals surface area contributed by atoms with Crippen LogP contribution < -0.4 is 15.5 Å². The highest BCUT2D eigenvalue weighted by molar-refractivity contribution is 5.91. The summed E-state index contributed by atoms with van der Waals surface area (Å²) >= 11 is 0. The van der Waals surface area contributed by atoms with Gasteiger partial charge in [0.05, 0.1) is 29.8 Å². The van der Waals surface area contributed by atoms with E-state index in [-0.39, 0.29) is 23.6 Å². The number of imidazole rings is 1. The first-order valence-electron chi connectivity index (χ1n) is 15.6. The monoisotopic (exact) mass is 627 g/mol. The van der Waals surface area contributed by atoms with E-state index in [0.717, 1.165) is 25.7 Å². The van der Waals surface area contributed by atoms with Crippen molar-refractivity contribution in [2.75, 3.05) is 36.5 Å². The maximum absolute atomic E-state index is 14.2. The summed E-state index contributed by atoms with van der Waals surface area (Å²) in [4.78, 5) is 41.2. The van der Waals surface area contributed by atoms with Gasteiger partial charge >= 0.3 is 6.09 Å². The number of hydrogen-bond acceptors (Lipinski definition) is 9. The summed E-state index contributed by atoms with van der Waals surface area (Å²) < 4.78 is 40.6. The fourth-order valence-corrected chi connectivity index (χ4v) is 5.83. The fraction of sp³-hybridized carbons (Fsp3) is 0.594. The van der Waals surface area contributed by atoms with Crippen LogP contribution >= 0.6 is 0 Å². The van der Waals surface area contributed by atoms with Crippen LogP contribution in [0.3, 0.4) is 0 Å². The number of carbonyl (C=O) groups excluding carboxylic acids is 2. The highest BCUT2D eigenvalue weighted by Gasteiger charge is 2.34. The molecule has 2 N–H and O–H groups in total. The average Bonchev–Trinajstić information content (AvgIpc) is 3.37. The number of nitrogens with one attached hydrogen (secondary N) is 2. The Morgan fingerprint density at radius 1 is 1.00 bits per heavy atom.